The largest absolute Gasteiger partial charge is 0.381 e. The smallest absolute Gasteiger partial charge is 0.269 e. The normalized spacial score (nSPS) is 14.0. The lowest BCUT2D eigenvalue weighted by Gasteiger charge is -2.14. The molecule has 1 aromatic rings. The molecule has 2 unspecified atom stereocenters. The Morgan fingerprint density at radius 3 is 2.47 bits per heavy atom. The monoisotopic (exact) mass is 240 g/mol. The van der Waals surface area contributed by atoms with E-state index in [0.29, 0.717) is 0 Å². The molecular weight excluding hydrogens is 228 g/mol. The van der Waals surface area contributed by atoms with Crippen molar-refractivity contribution in [3.63, 3.8) is 0 Å². The Hall–Kier alpha value is -2.02. The van der Waals surface area contributed by atoms with Gasteiger partial charge in [0.05, 0.1) is 4.92 Å². The number of benzene rings is 1. The quantitative estimate of drug-likeness (QED) is 0.622. The summed E-state index contributed by atoms with van der Waals surface area (Å²) >= 11 is 0. The third kappa shape index (κ3) is 2.97. The van der Waals surface area contributed by atoms with E-state index in [-0.39, 0.29) is 17.7 Å². The molecule has 0 bridgehead atoms. The fraction of sp³-hybridized carbons (Fsp3) is 0.400. The lowest BCUT2D eigenvalue weighted by molar-refractivity contribution is -0.536. The number of nitro benzene ring substituents is 1. The van der Waals surface area contributed by atoms with E-state index in [1.165, 1.54) is 18.2 Å². The van der Waals surface area contributed by atoms with Crippen molar-refractivity contribution in [2.75, 3.05) is 0 Å². The molecule has 7 nitrogen and oxygen atoms in total. The standard InChI is InChI=1S/C10H12N2O5/c1-2-9(12(16)17)10(13)7-4-3-5-8(6-7)11(14)15/h3-6,9-10,13H,2H2,1H3. The number of hydrogen-bond donors (Lipinski definition) is 1. The van der Waals surface area contributed by atoms with Gasteiger partial charge < -0.3 is 5.11 Å². The zero-order chi connectivity index (χ0) is 13.0. The van der Waals surface area contributed by atoms with Crippen LogP contribution in [0.5, 0.6) is 0 Å². The van der Waals surface area contributed by atoms with Gasteiger partial charge in [0.2, 0.25) is 6.04 Å². The van der Waals surface area contributed by atoms with Crippen LogP contribution in [0.2, 0.25) is 0 Å². The van der Waals surface area contributed by atoms with E-state index < -0.39 is 22.0 Å². The summed E-state index contributed by atoms with van der Waals surface area (Å²) < 4.78 is 0. The van der Waals surface area contributed by atoms with Gasteiger partial charge in [-0.15, -0.1) is 0 Å². The number of non-ortho nitro benzene ring substituents is 1. The zero-order valence-corrected chi connectivity index (χ0v) is 9.15. The molecule has 1 rings (SSSR count). The molecule has 0 aliphatic rings. The van der Waals surface area contributed by atoms with Crippen molar-refractivity contribution in [3.05, 3.63) is 50.1 Å². The maximum absolute atomic E-state index is 10.7. The highest BCUT2D eigenvalue weighted by atomic mass is 16.6. The fourth-order valence-corrected chi connectivity index (χ4v) is 1.53. The lowest BCUT2D eigenvalue weighted by atomic mass is 10.0. The summed E-state index contributed by atoms with van der Waals surface area (Å²) in [5.41, 5.74) is -0.0116. The van der Waals surface area contributed by atoms with Gasteiger partial charge in [-0.3, -0.25) is 20.2 Å². The van der Waals surface area contributed by atoms with Gasteiger partial charge in [-0.05, 0) is 5.56 Å². The number of aliphatic hydroxyl groups excluding tert-OH is 1. The van der Waals surface area contributed by atoms with Gasteiger partial charge in [-0.2, -0.15) is 0 Å². The summed E-state index contributed by atoms with van der Waals surface area (Å²) in [4.78, 5) is 20.0. The Morgan fingerprint density at radius 1 is 1.35 bits per heavy atom. The Kier molecular flexibility index (Phi) is 4.11. The number of nitrogens with zero attached hydrogens (tertiary/aromatic N) is 2. The lowest BCUT2D eigenvalue weighted by Crippen LogP contribution is -2.26. The molecule has 0 aliphatic carbocycles. The van der Waals surface area contributed by atoms with E-state index in [1.54, 1.807) is 6.92 Å². The Labute approximate surface area is 97.0 Å². The maximum atomic E-state index is 10.7. The highest BCUT2D eigenvalue weighted by Gasteiger charge is 2.29. The van der Waals surface area contributed by atoms with Crippen molar-refractivity contribution in [2.45, 2.75) is 25.5 Å². The van der Waals surface area contributed by atoms with Crippen molar-refractivity contribution in [1.82, 2.24) is 0 Å². The molecule has 1 N–H and O–H groups in total. The van der Waals surface area contributed by atoms with Crippen LogP contribution < -0.4 is 0 Å². The SMILES string of the molecule is CCC(C(O)c1cccc([N+](=O)[O-])c1)[N+](=O)[O-]. The summed E-state index contributed by atoms with van der Waals surface area (Å²) in [6.07, 6.45) is -1.19. The maximum Gasteiger partial charge on any atom is 0.269 e. The van der Waals surface area contributed by atoms with Crippen molar-refractivity contribution < 1.29 is 15.0 Å². The van der Waals surface area contributed by atoms with E-state index in [1.807, 2.05) is 0 Å². The van der Waals surface area contributed by atoms with Crippen molar-refractivity contribution >= 4 is 5.69 Å². The molecule has 0 amide bonds. The van der Waals surface area contributed by atoms with Crippen LogP contribution in [0.4, 0.5) is 5.69 Å². The molecule has 2 atom stereocenters. The Balaban J connectivity index is 3.02. The molecule has 7 heteroatoms. The average Bonchev–Trinajstić information content (AvgIpc) is 2.29. The van der Waals surface area contributed by atoms with Gasteiger partial charge in [-0.1, -0.05) is 19.1 Å². The van der Waals surface area contributed by atoms with Crippen LogP contribution in [-0.2, 0) is 0 Å². The first-order valence-corrected chi connectivity index (χ1v) is 5.03. The van der Waals surface area contributed by atoms with Gasteiger partial charge in [0.25, 0.3) is 5.69 Å². The van der Waals surface area contributed by atoms with Gasteiger partial charge in [0.15, 0.2) is 0 Å². The molecule has 1 aromatic carbocycles. The third-order valence-electron chi connectivity index (χ3n) is 2.48. The molecule has 0 aliphatic heterocycles. The van der Waals surface area contributed by atoms with Crippen LogP contribution >= 0.6 is 0 Å². The van der Waals surface area contributed by atoms with Gasteiger partial charge in [0.1, 0.15) is 6.10 Å². The van der Waals surface area contributed by atoms with Gasteiger partial charge in [0, 0.05) is 23.5 Å². The average molecular weight is 240 g/mol. The first kappa shape index (κ1) is 13.0. The van der Waals surface area contributed by atoms with Crippen LogP contribution in [-0.4, -0.2) is 21.0 Å². The second kappa shape index (κ2) is 5.35. The van der Waals surface area contributed by atoms with Gasteiger partial charge >= 0.3 is 0 Å². The predicted octanol–water partition coefficient (Wildman–Crippen LogP) is 1.68. The second-order valence-corrected chi connectivity index (χ2v) is 3.56. The molecule has 0 aromatic heterocycles. The summed E-state index contributed by atoms with van der Waals surface area (Å²) in [5.74, 6) is 0. The van der Waals surface area contributed by atoms with Gasteiger partial charge in [-0.25, -0.2) is 0 Å². The van der Waals surface area contributed by atoms with E-state index in [9.17, 15) is 25.3 Å². The van der Waals surface area contributed by atoms with Crippen molar-refractivity contribution in [1.29, 1.82) is 0 Å². The van der Waals surface area contributed by atoms with Crippen LogP contribution in [0, 0.1) is 20.2 Å². The van der Waals surface area contributed by atoms with E-state index in [4.69, 9.17) is 0 Å². The minimum atomic E-state index is -1.34. The molecular formula is C10H12N2O5. The summed E-state index contributed by atoms with van der Waals surface area (Å²) in [6, 6.07) is 4.09. The van der Waals surface area contributed by atoms with Crippen molar-refractivity contribution in [3.8, 4) is 0 Å². The van der Waals surface area contributed by atoms with Crippen LogP contribution in [0.3, 0.4) is 0 Å². The molecule has 92 valence electrons. The van der Waals surface area contributed by atoms with Crippen LogP contribution in [0.1, 0.15) is 25.0 Å². The number of aliphatic hydroxyl groups is 1. The highest BCUT2D eigenvalue weighted by molar-refractivity contribution is 5.35. The van der Waals surface area contributed by atoms with Crippen LogP contribution in [0.25, 0.3) is 0 Å². The first-order valence-electron chi connectivity index (χ1n) is 5.03. The summed E-state index contributed by atoms with van der Waals surface area (Å²) in [6.45, 7) is 1.58. The highest BCUT2D eigenvalue weighted by Crippen LogP contribution is 2.24. The fourth-order valence-electron chi connectivity index (χ4n) is 1.53. The number of nitro groups is 2. The molecule has 0 heterocycles. The number of rotatable bonds is 5. The Bertz CT molecular complexity index is 434. The molecule has 0 spiro atoms. The molecule has 17 heavy (non-hydrogen) atoms. The van der Waals surface area contributed by atoms with Crippen molar-refractivity contribution in [2.24, 2.45) is 0 Å². The van der Waals surface area contributed by atoms with E-state index >= 15 is 0 Å². The molecule has 0 radical (unpaired) electrons. The van der Waals surface area contributed by atoms with Crippen LogP contribution in [0.15, 0.2) is 24.3 Å². The second-order valence-electron chi connectivity index (χ2n) is 3.56. The molecule has 0 saturated carbocycles. The predicted molar refractivity (Wildman–Crippen MR) is 59.1 cm³/mol. The minimum Gasteiger partial charge on any atom is -0.381 e. The summed E-state index contributed by atoms with van der Waals surface area (Å²) in [5, 5.41) is 31.0. The summed E-state index contributed by atoms with van der Waals surface area (Å²) in [7, 11) is 0. The minimum absolute atomic E-state index is 0.150. The Morgan fingerprint density at radius 2 is 2.00 bits per heavy atom. The van der Waals surface area contributed by atoms with E-state index in [2.05, 4.69) is 0 Å². The molecule has 0 saturated heterocycles. The first-order chi connectivity index (χ1) is 7.97. The number of hydrogen-bond acceptors (Lipinski definition) is 5. The third-order valence-corrected chi connectivity index (χ3v) is 2.48. The molecule has 0 fully saturated rings. The van der Waals surface area contributed by atoms with E-state index in [0.717, 1.165) is 6.07 Å². The topological polar surface area (TPSA) is 107 Å². The zero-order valence-electron chi connectivity index (χ0n) is 9.15.